The molecular weight excluding hydrogens is 282 g/mol. The monoisotopic (exact) mass is 303 g/mol. The summed E-state index contributed by atoms with van der Waals surface area (Å²) in [7, 11) is 2.12. The number of hydrogen-bond acceptors (Lipinski definition) is 4. The van der Waals surface area contributed by atoms with Crippen LogP contribution in [-0.4, -0.2) is 48.4 Å². The summed E-state index contributed by atoms with van der Waals surface area (Å²) in [6, 6.07) is 8.03. The first kappa shape index (κ1) is 14.4. The number of hydrogen-bond donors (Lipinski definition) is 1. The molecule has 0 radical (unpaired) electrons. The second-order valence-electron chi connectivity index (χ2n) is 5.87. The summed E-state index contributed by atoms with van der Waals surface area (Å²) in [6.45, 7) is 4.95. The smallest absolute Gasteiger partial charge is 0.264 e. The molecule has 4 nitrogen and oxygen atoms in total. The Balaban J connectivity index is 1.88. The van der Waals surface area contributed by atoms with Crippen LogP contribution in [0, 0.1) is 0 Å². The minimum Gasteiger partial charge on any atom is -0.399 e. The van der Waals surface area contributed by atoms with Crippen LogP contribution in [0.2, 0.25) is 0 Å². The van der Waals surface area contributed by atoms with Crippen LogP contribution < -0.4 is 5.73 Å². The summed E-state index contributed by atoms with van der Waals surface area (Å²) in [5.41, 5.74) is 6.55. The predicted molar refractivity (Wildman–Crippen MR) is 88.8 cm³/mol. The van der Waals surface area contributed by atoms with E-state index in [2.05, 4.69) is 18.9 Å². The molecule has 1 aromatic heterocycles. The number of likely N-dealkylation sites (N-methyl/N-ethyl adjacent to an activating group) is 1. The Labute approximate surface area is 129 Å². The highest BCUT2D eigenvalue weighted by molar-refractivity contribution is 7.20. The van der Waals surface area contributed by atoms with E-state index in [1.807, 2.05) is 29.2 Å². The molecule has 2 heterocycles. The molecule has 5 heteroatoms. The SMILES string of the molecule is CC1CN(C)CCCN1C(=O)c1cc2cc(N)ccc2s1. The van der Waals surface area contributed by atoms with Crippen LogP contribution in [0.25, 0.3) is 10.1 Å². The van der Waals surface area contributed by atoms with Gasteiger partial charge in [-0.3, -0.25) is 4.79 Å². The standard InChI is InChI=1S/C16H21N3OS/c1-11-10-18(2)6-3-7-19(11)16(20)15-9-12-8-13(17)4-5-14(12)21-15/h4-5,8-9,11H,3,6-7,10,17H2,1-2H3. The van der Waals surface area contributed by atoms with Gasteiger partial charge in [0, 0.05) is 29.5 Å². The minimum atomic E-state index is 0.151. The molecule has 1 amide bonds. The summed E-state index contributed by atoms with van der Waals surface area (Å²) < 4.78 is 1.12. The van der Waals surface area contributed by atoms with Crippen molar-refractivity contribution in [3.8, 4) is 0 Å². The fourth-order valence-corrected chi connectivity index (χ4v) is 3.98. The fraction of sp³-hybridized carbons (Fsp3) is 0.438. The molecule has 1 aromatic carbocycles. The van der Waals surface area contributed by atoms with Gasteiger partial charge < -0.3 is 15.5 Å². The van der Waals surface area contributed by atoms with Crippen molar-refractivity contribution in [1.82, 2.24) is 9.80 Å². The van der Waals surface area contributed by atoms with E-state index in [0.29, 0.717) is 0 Å². The molecule has 1 atom stereocenters. The molecule has 21 heavy (non-hydrogen) atoms. The van der Waals surface area contributed by atoms with Crippen molar-refractivity contribution in [3.05, 3.63) is 29.1 Å². The number of anilines is 1. The lowest BCUT2D eigenvalue weighted by molar-refractivity contribution is 0.0701. The molecule has 1 aliphatic heterocycles. The van der Waals surface area contributed by atoms with Gasteiger partial charge in [-0.05, 0) is 56.6 Å². The van der Waals surface area contributed by atoms with Crippen molar-refractivity contribution in [2.45, 2.75) is 19.4 Å². The molecule has 0 bridgehead atoms. The quantitative estimate of drug-likeness (QED) is 0.824. The number of rotatable bonds is 1. The largest absolute Gasteiger partial charge is 0.399 e. The molecule has 1 fully saturated rings. The first-order valence-corrected chi connectivity index (χ1v) is 8.15. The number of nitrogen functional groups attached to an aromatic ring is 1. The van der Waals surface area contributed by atoms with E-state index in [9.17, 15) is 4.79 Å². The summed E-state index contributed by atoms with van der Waals surface area (Å²) >= 11 is 1.56. The highest BCUT2D eigenvalue weighted by atomic mass is 32.1. The summed E-state index contributed by atoms with van der Waals surface area (Å²) in [5, 5.41) is 1.06. The molecule has 112 valence electrons. The average molecular weight is 303 g/mol. The Morgan fingerprint density at radius 1 is 1.33 bits per heavy atom. The summed E-state index contributed by atoms with van der Waals surface area (Å²) in [5.74, 6) is 0.151. The van der Waals surface area contributed by atoms with E-state index < -0.39 is 0 Å². The van der Waals surface area contributed by atoms with Crippen molar-refractivity contribution in [2.24, 2.45) is 0 Å². The van der Waals surface area contributed by atoms with Crippen LogP contribution in [0.15, 0.2) is 24.3 Å². The highest BCUT2D eigenvalue weighted by Gasteiger charge is 2.26. The molecule has 2 aromatic rings. The molecule has 1 unspecified atom stereocenters. The maximum absolute atomic E-state index is 12.8. The first-order chi connectivity index (χ1) is 10.0. The molecular formula is C16H21N3OS. The second-order valence-corrected chi connectivity index (χ2v) is 6.96. The van der Waals surface area contributed by atoms with Crippen molar-refractivity contribution < 1.29 is 4.79 Å². The lowest BCUT2D eigenvalue weighted by atomic mass is 10.2. The Kier molecular flexibility index (Phi) is 3.87. The fourth-order valence-electron chi connectivity index (χ4n) is 2.98. The maximum atomic E-state index is 12.8. The topological polar surface area (TPSA) is 49.6 Å². The maximum Gasteiger partial charge on any atom is 0.264 e. The zero-order chi connectivity index (χ0) is 15.0. The van der Waals surface area contributed by atoms with E-state index in [0.717, 1.165) is 46.7 Å². The van der Waals surface area contributed by atoms with Crippen LogP contribution in [-0.2, 0) is 0 Å². The Morgan fingerprint density at radius 2 is 2.14 bits per heavy atom. The van der Waals surface area contributed by atoms with Gasteiger partial charge in [0.15, 0.2) is 0 Å². The van der Waals surface area contributed by atoms with Gasteiger partial charge in [0.25, 0.3) is 5.91 Å². The number of carbonyl (C=O) groups is 1. The second kappa shape index (κ2) is 5.66. The third-order valence-electron chi connectivity index (χ3n) is 4.06. The normalized spacial score (nSPS) is 20.7. The Hall–Kier alpha value is -1.59. The van der Waals surface area contributed by atoms with Crippen LogP contribution >= 0.6 is 11.3 Å². The van der Waals surface area contributed by atoms with E-state index >= 15 is 0 Å². The minimum absolute atomic E-state index is 0.151. The Morgan fingerprint density at radius 3 is 2.95 bits per heavy atom. The average Bonchev–Trinajstić information content (AvgIpc) is 2.77. The molecule has 1 saturated heterocycles. The van der Waals surface area contributed by atoms with Gasteiger partial charge in [-0.15, -0.1) is 11.3 Å². The third kappa shape index (κ3) is 2.89. The van der Waals surface area contributed by atoms with Crippen LogP contribution in [0.5, 0.6) is 0 Å². The number of nitrogens with zero attached hydrogens (tertiary/aromatic N) is 2. The zero-order valence-electron chi connectivity index (χ0n) is 12.5. The molecule has 0 aliphatic carbocycles. The number of fused-ring (bicyclic) bond motifs is 1. The van der Waals surface area contributed by atoms with Gasteiger partial charge >= 0.3 is 0 Å². The molecule has 0 saturated carbocycles. The lowest BCUT2D eigenvalue weighted by Crippen LogP contribution is -2.41. The van der Waals surface area contributed by atoms with Gasteiger partial charge in [0.05, 0.1) is 4.88 Å². The van der Waals surface area contributed by atoms with Gasteiger partial charge in [-0.1, -0.05) is 0 Å². The molecule has 3 rings (SSSR count). The van der Waals surface area contributed by atoms with Crippen LogP contribution in [0.1, 0.15) is 23.0 Å². The summed E-state index contributed by atoms with van der Waals surface area (Å²) in [6.07, 6.45) is 1.03. The van der Waals surface area contributed by atoms with Crippen LogP contribution in [0.3, 0.4) is 0 Å². The van der Waals surface area contributed by atoms with Crippen molar-refractivity contribution in [1.29, 1.82) is 0 Å². The number of amides is 1. The van der Waals surface area contributed by atoms with Gasteiger partial charge in [-0.2, -0.15) is 0 Å². The number of carbonyl (C=O) groups excluding carboxylic acids is 1. The van der Waals surface area contributed by atoms with Crippen molar-refractivity contribution >= 4 is 33.0 Å². The zero-order valence-corrected chi connectivity index (χ0v) is 13.3. The summed E-state index contributed by atoms with van der Waals surface area (Å²) in [4.78, 5) is 17.9. The highest BCUT2D eigenvalue weighted by Crippen LogP contribution is 2.29. The van der Waals surface area contributed by atoms with E-state index in [4.69, 9.17) is 5.73 Å². The number of thiophene rings is 1. The van der Waals surface area contributed by atoms with Gasteiger partial charge in [0.2, 0.25) is 0 Å². The van der Waals surface area contributed by atoms with E-state index in [1.54, 1.807) is 11.3 Å². The van der Waals surface area contributed by atoms with Gasteiger partial charge in [-0.25, -0.2) is 0 Å². The van der Waals surface area contributed by atoms with E-state index in [-0.39, 0.29) is 11.9 Å². The lowest BCUT2D eigenvalue weighted by Gasteiger charge is -2.27. The first-order valence-electron chi connectivity index (χ1n) is 7.33. The van der Waals surface area contributed by atoms with Gasteiger partial charge in [0.1, 0.15) is 0 Å². The van der Waals surface area contributed by atoms with Crippen LogP contribution in [0.4, 0.5) is 5.69 Å². The van der Waals surface area contributed by atoms with Crippen molar-refractivity contribution in [2.75, 3.05) is 32.4 Å². The third-order valence-corrected chi connectivity index (χ3v) is 5.16. The molecule has 2 N–H and O–H groups in total. The Bertz CT molecular complexity index is 667. The molecule has 1 aliphatic rings. The van der Waals surface area contributed by atoms with E-state index in [1.165, 1.54) is 0 Å². The predicted octanol–water partition coefficient (Wildman–Crippen LogP) is 2.65. The molecule has 0 spiro atoms. The van der Waals surface area contributed by atoms with Crippen molar-refractivity contribution in [3.63, 3.8) is 0 Å². The number of benzene rings is 1. The number of nitrogens with two attached hydrogens (primary N) is 1.